The van der Waals surface area contributed by atoms with Gasteiger partial charge in [0.15, 0.2) is 0 Å². The van der Waals surface area contributed by atoms with Crippen LogP contribution in [0.15, 0.2) is 65.8 Å². The van der Waals surface area contributed by atoms with Crippen LogP contribution in [0.1, 0.15) is 34.5 Å². The van der Waals surface area contributed by atoms with Gasteiger partial charge in [0.1, 0.15) is 0 Å². The third-order valence-corrected chi connectivity index (χ3v) is 6.41. The number of hydrogen-bond donors (Lipinski definition) is 1. The Hall–Kier alpha value is -3.05. The van der Waals surface area contributed by atoms with Crippen LogP contribution in [0.3, 0.4) is 0 Å². The van der Waals surface area contributed by atoms with Crippen molar-refractivity contribution in [3.05, 3.63) is 82.6 Å². The number of anilines is 1. The number of likely N-dealkylation sites (tertiary alicyclic amines) is 1. The molecule has 30 heavy (non-hydrogen) atoms. The summed E-state index contributed by atoms with van der Waals surface area (Å²) < 4.78 is 2.23. The van der Waals surface area contributed by atoms with E-state index >= 15 is 0 Å². The maximum Gasteiger partial charge on any atom is 0.253 e. The minimum atomic E-state index is -0.178. The van der Waals surface area contributed by atoms with Gasteiger partial charge in [0.2, 0.25) is 0 Å². The summed E-state index contributed by atoms with van der Waals surface area (Å²) in [6.45, 7) is 1.41. The van der Waals surface area contributed by atoms with Crippen LogP contribution in [-0.4, -0.2) is 41.7 Å². The molecule has 0 radical (unpaired) electrons. The highest BCUT2D eigenvalue weighted by molar-refractivity contribution is 6.30. The molecule has 2 aromatic carbocycles. The molecule has 2 aliphatic heterocycles. The number of nitrogens with zero attached hydrogens (tertiary/aromatic N) is 3. The Morgan fingerprint density at radius 1 is 1.13 bits per heavy atom. The van der Waals surface area contributed by atoms with E-state index in [4.69, 9.17) is 11.6 Å². The van der Waals surface area contributed by atoms with Crippen LogP contribution in [0.5, 0.6) is 0 Å². The molecule has 1 N–H and O–H groups in total. The van der Waals surface area contributed by atoms with Gasteiger partial charge in [0.05, 0.1) is 16.9 Å². The zero-order valence-electron chi connectivity index (χ0n) is 16.8. The number of benzene rings is 2. The lowest BCUT2D eigenvalue weighted by Crippen LogP contribution is -2.51. The van der Waals surface area contributed by atoms with Crippen LogP contribution < -0.4 is 5.32 Å². The zero-order valence-corrected chi connectivity index (χ0v) is 17.6. The van der Waals surface area contributed by atoms with E-state index in [1.807, 2.05) is 47.4 Å². The van der Waals surface area contributed by atoms with Crippen LogP contribution in [0.2, 0.25) is 5.02 Å². The number of rotatable bonds is 2. The molecule has 1 amide bonds. The normalized spacial score (nSPS) is 16.9. The number of hydrogen-bond acceptors (Lipinski definition) is 3. The SMILES string of the molecule is CN=Cc1ccc(C(=O)N2CCC3(CC2)Nc2ccc(Cl)cc2-n2cccc23)cc1. The van der Waals surface area contributed by atoms with Crippen LogP contribution in [0.4, 0.5) is 5.69 Å². The first kappa shape index (κ1) is 18.9. The highest BCUT2D eigenvalue weighted by Gasteiger charge is 2.42. The first-order valence-corrected chi connectivity index (χ1v) is 10.5. The largest absolute Gasteiger partial charge is 0.372 e. The highest BCUT2D eigenvalue weighted by Crippen LogP contribution is 2.44. The molecule has 1 fully saturated rings. The minimum Gasteiger partial charge on any atom is -0.372 e. The molecule has 0 saturated carbocycles. The molecule has 5 rings (SSSR count). The second-order valence-corrected chi connectivity index (χ2v) is 8.37. The third-order valence-electron chi connectivity index (χ3n) is 6.17. The van der Waals surface area contributed by atoms with Crippen molar-refractivity contribution in [3.63, 3.8) is 0 Å². The number of aromatic nitrogens is 1. The Labute approximate surface area is 181 Å². The Morgan fingerprint density at radius 2 is 1.90 bits per heavy atom. The third kappa shape index (κ3) is 3.10. The van der Waals surface area contributed by atoms with Crippen molar-refractivity contribution in [2.45, 2.75) is 18.4 Å². The summed E-state index contributed by atoms with van der Waals surface area (Å²) >= 11 is 6.23. The second-order valence-electron chi connectivity index (χ2n) is 7.93. The van der Waals surface area contributed by atoms with Gasteiger partial charge < -0.3 is 14.8 Å². The number of halogens is 1. The molecule has 0 unspecified atom stereocenters. The molecular weight excluding hydrogens is 396 g/mol. The smallest absolute Gasteiger partial charge is 0.253 e. The number of fused-ring (bicyclic) bond motifs is 4. The van der Waals surface area contributed by atoms with E-state index in [2.05, 4.69) is 33.2 Å². The number of piperidine rings is 1. The Morgan fingerprint density at radius 3 is 2.63 bits per heavy atom. The second kappa shape index (κ2) is 7.33. The molecule has 3 heterocycles. The average Bonchev–Trinajstić information content (AvgIpc) is 3.27. The number of amides is 1. The lowest BCUT2D eigenvalue weighted by molar-refractivity contribution is 0.0676. The van der Waals surface area contributed by atoms with Gasteiger partial charge in [-0.3, -0.25) is 9.79 Å². The standard InChI is InChI=1S/C24H23ClN4O/c1-26-16-17-4-6-18(7-5-17)23(30)28-13-10-24(11-14-28)22-3-2-12-29(22)21-15-19(25)8-9-20(21)27-24/h2-9,12,15-16,27H,10-11,13-14H2,1H3. The fraction of sp³-hybridized carbons (Fsp3) is 0.250. The fourth-order valence-electron chi connectivity index (χ4n) is 4.63. The molecule has 6 heteroatoms. The maximum atomic E-state index is 13.0. The first-order valence-electron chi connectivity index (χ1n) is 10.2. The fourth-order valence-corrected chi connectivity index (χ4v) is 4.80. The van der Waals surface area contributed by atoms with Gasteiger partial charge >= 0.3 is 0 Å². The minimum absolute atomic E-state index is 0.0863. The molecule has 0 aliphatic carbocycles. The molecule has 1 spiro atoms. The molecule has 0 bridgehead atoms. The average molecular weight is 419 g/mol. The van der Waals surface area contributed by atoms with E-state index in [0.29, 0.717) is 13.1 Å². The predicted octanol–water partition coefficient (Wildman–Crippen LogP) is 4.74. The predicted molar refractivity (Wildman–Crippen MR) is 121 cm³/mol. The van der Waals surface area contributed by atoms with Crippen LogP contribution in [-0.2, 0) is 5.54 Å². The number of carbonyl (C=O) groups is 1. The first-order chi connectivity index (χ1) is 14.6. The van der Waals surface area contributed by atoms with E-state index in [0.717, 1.165) is 40.4 Å². The van der Waals surface area contributed by atoms with Crippen molar-refractivity contribution in [3.8, 4) is 5.69 Å². The van der Waals surface area contributed by atoms with Gasteiger partial charge in [-0.2, -0.15) is 0 Å². The molecule has 1 saturated heterocycles. The quantitative estimate of drug-likeness (QED) is 0.611. The van der Waals surface area contributed by atoms with Crippen molar-refractivity contribution >= 4 is 29.4 Å². The number of nitrogens with one attached hydrogen (secondary N) is 1. The van der Waals surface area contributed by atoms with Crippen molar-refractivity contribution < 1.29 is 4.79 Å². The Bertz CT molecular complexity index is 1120. The lowest BCUT2D eigenvalue weighted by Gasteiger charge is -2.46. The van der Waals surface area contributed by atoms with Crippen LogP contribution >= 0.6 is 11.6 Å². The highest BCUT2D eigenvalue weighted by atomic mass is 35.5. The van der Waals surface area contributed by atoms with E-state index in [-0.39, 0.29) is 11.4 Å². The summed E-state index contributed by atoms with van der Waals surface area (Å²) in [6, 6.07) is 17.8. The van der Waals surface area contributed by atoms with Crippen LogP contribution in [0, 0.1) is 0 Å². The van der Waals surface area contributed by atoms with E-state index in [1.54, 1.807) is 13.3 Å². The van der Waals surface area contributed by atoms with E-state index in [9.17, 15) is 4.79 Å². The molecule has 2 aliphatic rings. The molecule has 152 valence electrons. The monoisotopic (exact) mass is 418 g/mol. The molecule has 5 nitrogen and oxygen atoms in total. The van der Waals surface area contributed by atoms with Crippen LogP contribution in [0.25, 0.3) is 5.69 Å². The number of aliphatic imine (C=N–C) groups is 1. The van der Waals surface area contributed by atoms with E-state index in [1.165, 1.54) is 5.69 Å². The summed E-state index contributed by atoms with van der Waals surface area (Å²) in [5.41, 5.74) is 4.92. The topological polar surface area (TPSA) is 49.6 Å². The van der Waals surface area contributed by atoms with Crippen molar-refractivity contribution in [1.82, 2.24) is 9.47 Å². The van der Waals surface area contributed by atoms with Gasteiger partial charge in [0, 0.05) is 48.8 Å². The molecule has 1 aromatic heterocycles. The van der Waals surface area contributed by atoms with Gasteiger partial charge in [-0.15, -0.1) is 0 Å². The lowest BCUT2D eigenvalue weighted by atomic mass is 9.82. The van der Waals surface area contributed by atoms with Crippen molar-refractivity contribution in [2.24, 2.45) is 4.99 Å². The van der Waals surface area contributed by atoms with Gasteiger partial charge in [0.25, 0.3) is 5.91 Å². The summed E-state index contributed by atoms with van der Waals surface area (Å²) in [6.07, 6.45) is 5.58. The zero-order chi connectivity index (χ0) is 20.7. The van der Waals surface area contributed by atoms with Gasteiger partial charge in [-0.25, -0.2) is 0 Å². The Kier molecular flexibility index (Phi) is 4.63. The van der Waals surface area contributed by atoms with Crippen molar-refractivity contribution in [1.29, 1.82) is 0 Å². The van der Waals surface area contributed by atoms with E-state index < -0.39 is 0 Å². The molecule has 0 atom stereocenters. The summed E-state index contributed by atoms with van der Waals surface area (Å²) in [7, 11) is 1.74. The Balaban J connectivity index is 1.37. The van der Waals surface area contributed by atoms with Gasteiger partial charge in [-0.05, 0) is 60.9 Å². The maximum absolute atomic E-state index is 13.0. The molecule has 3 aromatic rings. The summed E-state index contributed by atoms with van der Waals surface area (Å²) in [5, 5.41) is 4.50. The van der Waals surface area contributed by atoms with Gasteiger partial charge in [-0.1, -0.05) is 23.7 Å². The molecular formula is C24H23ClN4O. The van der Waals surface area contributed by atoms with Crippen molar-refractivity contribution in [2.75, 3.05) is 25.5 Å². The summed E-state index contributed by atoms with van der Waals surface area (Å²) in [5.74, 6) is 0.0863. The number of carbonyl (C=O) groups excluding carboxylic acids is 1. The summed E-state index contributed by atoms with van der Waals surface area (Å²) in [4.78, 5) is 19.0.